The van der Waals surface area contributed by atoms with Gasteiger partial charge in [-0.3, -0.25) is 18.7 Å². The number of amides is 1. The number of aromatic nitrogens is 2. The van der Waals surface area contributed by atoms with Gasteiger partial charge < -0.3 is 10.0 Å². The topological polar surface area (TPSA) is 96.9 Å². The van der Waals surface area contributed by atoms with Gasteiger partial charge >= 0.3 is 5.69 Å². The molecule has 1 aromatic heterocycles. The Morgan fingerprint density at radius 2 is 1.70 bits per heavy atom. The fraction of sp³-hybridized carbons (Fsp3) is 0.500. The van der Waals surface area contributed by atoms with E-state index in [9.17, 15) is 19.5 Å². The van der Waals surface area contributed by atoms with Gasteiger partial charge in [0.15, 0.2) is 0 Å². The third-order valence-electron chi connectivity index (χ3n) is 6.24. The Labute approximate surface area is 198 Å². The quantitative estimate of drug-likeness (QED) is 0.533. The SMILES string of the molecule is CCc1ccc(N=C(SCC(=O)N2[C@@H](C)CCC[C@@H]2C)c2c(O)n(C)c(=O)n(C)c2=O)cc1. The van der Waals surface area contributed by atoms with Crippen molar-refractivity contribution in [2.75, 3.05) is 5.75 Å². The van der Waals surface area contributed by atoms with Crippen molar-refractivity contribution in [2.45, 2.75) is 58.5 Å². The van der Waals surface area contributed by atoms with Crippen LogP contribution in [-0.4, -0.2) is 47.9 Å². The average Bonchev–Trinajstić information content (AvgIpc) is 2.80. The molecular formula is C24H32N4O4S. The molecule has 1 fully saturated rings. The van der Waals surface area contributed by atoms with Gasteiger partial charge in [0.2, 0.25) is 11.8 Å². The van der Waals surface area contributed by atoms with Crippen molar-refractivity contribution in [3.8, 4) is 5.88 Å². The number of carbonyl (C=O) groups excluding carboxylic acids is 1. The molecule has 2 atom stereocenters. The van der Waals surface area contributed by atoms with E-state index in [1.165, 1.54) is 14.1 Å². The third-order valence-corrected chi connectivity index (χ3v) is 7.20. The highest BCUT2D eigenvalue weighted by Crippen LogP contribution is 2.27. The minimum Gasteiger partial charge on any atom is -0.494 e. The van der Waals surface area contributed by atoms with Crippen LogP contribution in [0.2, 0.25) is 0 Å². The Morgan fingerprint density at radius 1 is 1.09 bits per heavy atom. The number of nitrogens with zero attached hydrogens (tertiary/aromatic N) is 4. The molecule has 1 amide bonds. The number of aliphatic imine (C=N–C) groups is 1. The predicted octanol–water partition coefficient (Wildman–Crippen LogP) is 2.95. The summed E-state index contributed by atoms with van der Waals surface area (Å²) in [7, 11) is 2.75. The lowest BCUT2D eigenvalue weighted by molar-refractivity contribution is -0.134. The van der Waals surface area contributed by atoms with Crippen LogP contribution in [0.4, 0.5) is 5.69 Å². The largest absolute Gasteiger partial charge is 0.494 e. The number of benzene rings is 1. The first kappa shape index (κ1) is 24.8. The lowest BCUT2D eigenvalue weighted by Crippen LogP contribution is -2.48. The van der Waals surface area contributed by atoms with Crippen LogP contribution in [0.15, 0.2) is 38.8 Å². The molecule has 0 bridgehead atoms. The summed E-state index contributed by atoms with van der Waals surface area (Å²) in [5.74, 6) is -0.423. The minimum atomic E-state index is -0.654. The zero-order valence-corrected chi connectivity index (χ0v) is 20.7. The van der Waals surface area contributed by atoms with E-state index in [1.54, 1.807) is 0 Å². The van der Waals surface area contributed by atoms with E-state index in [0.717, 1.165) is 52.1 Å². The molecule has 2 heterocycles. The zero-order chi connectivity index (χ0) is 24.3. The Bertz CT molecular complexity index is 1160. The first-order valence-electron chi connectivity index (χ1n) is 11.3. The minimum absolute atomic E-state index is 0.0325. The van der Waals surface area contributed by atoms with E-state index < -0.39 is 17.1 Å². The number of thioether (sulfide) groups is 1. The van der Waals surface area contributed by atoms with Crippen molar-refractivity contribution in [3.63, 3.8) is 0 Å². The maximum Gasteiger partial charge on any atom is 0.333 e. The monoisotopic (exact) mass is 472 g/mol. The smallest absolute Gasteiger partial charge is 0.333 e. The summed E-state index contributed by atoms with van der Waals surface area (Å²) in [4.78, 5) is 44.8. The van der Waals surface area contributed by atoms with Gasteiger partial charge in [-0.25, -0.2) is 9.79 Å². The van der Waals surface area contributed by atoms with Gasteiger partial charge in [0.05, 0.1) is 11.4 Å². The lowest BCUT2D eigenvalue weighted by Gasteiger charge is -2.39. The van der Waals surface area contributed by atoms with Crippen molar-refractivity contribution in [2.24, 2.45) is 19.1 Å². The van der Waals surface area contributed by atoms with Crippen LogP contribution in [0.5, 0.6) is 5.88 Å². The highest BCUT2D eigenvalue weighted by molar-refractivity contribution is 8.15. The molecule has 1 saturated heterocycles. The fourth-order valence-electron chi connectivity index (χ4n) is 4.22. The number of hydrogen-bond acceptors (Lipinski definition) is 6. The molecule has 9 heteroatoms. The maximum atomic E-state index is 13.1. The Morgan fingerprint density at radius 3 is 2.27 bits per heavy atom. The number of aromatic hydroxyl groups is 1. The second-order valence-corrected chi connectivity index (χ2v) is 9.52. The molecule has 1 aliphatic rings. The molecule has 0 spiro atoms. The number of carbonyl (C=O) groups is 1. The molecule has 3 rings (SSSR count). The van der Waals surface area contributed by atoms with Crippen LogP contribution < -0.4 is 11.2 Å². The predicted molar refractivity (Wildman–Crippen MR) is 133 cm³/mol. The highest BCUT2D eigenvalue weighted by Gasteiger charge is 2.30. The molecule has 0 unspecified atom stereocenters. The summed E-state index contributed by atoms with van der Waals surface area (Å²) < 4.78 is 1.94. The van der Waals surface area contributed by atoms with Crippen LogP contribution in [0.25, 0.3) is 0 Å². The number of aryl methyl sites for hydroxylation is 1. The second-order valence-electron chi connectivity index (χ2n) is 8.56. The van der Waals surface area contributed by atoms with Crippen molar-refractivity contribution >= 4 is 28.4 Å². The molecule has 0 aliphatic carbocycles. The summed E-state index contributed by atoms with van der Waals surface area (Å²) in [6, 6.07) is 7.87. The van der Waals surface area contributed by atoms with Gasteiger partial charge in [0, 0.05) is 26.2 Å². The molecule has 8 nitrogen and oxygen atoms in total. The molecule has 1 aromatic carbocycles. The molecule has 0 radical (unpaired) electrons. The Balaban J connectivity index is 2.02. The summed E-state index contributed by atoms with van der Waals surface area (Å²) in [5.41, 5.74) is 0.366. The number of hydrogen-bond donors (Lipinski definition) is 1. The normalized spacial score (nSPS) is 19.1. The first-order valence-corrected chi connectivity index (χ1v) is 12.2. The Kier molecular flexibility index (Phi) is 7.84. The standard InChI is InChI=1S/C24H32N4O4S/c1-6-17-10-12-18(13-11-17)25-21(20-22(30)26(4)24(32)27(5)23(20)31)33-14-19(29)28-15(2)8-7-9-16(28)3/h10-13,15-16,30H,6-9,14H2,1-5H3/t15-,16-/m0/s1. The molecule has 33 heavy (non-hydrogen) atoms. The molecular weight excluding hydrogens is 440 g/mol. The van der Waals surface area contributed by atoms with Gasteiger partial charge in [-0.2, -0.15) is 0 Å². The van der Waals surface area contributed by atoms with Crippen molar-refractivity contribution in [1.29, 1.82) is 0 Å². The Hall–Kier alpha value is -2.81. The zero-order valence-electron chi connectivity index (χ0n) is 19.9. The average molecular weight is 473 g/mol. The van der Waals surface area contributed by atoms with E-state index in [-0.39, 0.29) is 34.4 Å². The van der Waals surface area contributed by atoms with Gasteiger partial charge in [-0.05, 0) is 57.2 Å². The summed E-state index contributed by atoms with van der Waals surface area (Å²) >= 11 is 1.11. The van der Waals surface area contributed by atoms with Gasteiger partial charge in [-0.15, -0.1) is 0 Å². The van der Waals surface area contributed by atoms with E-state index in [1.807, 2.05) is 29.2 Å². The molecule has 2 aromatic rings. The van der Waals surface area contributed by atoms with Crippen LogP contribution >= 0.6 is 11.8 Å². The number of piperidine rings is 1. The second kappa shape index (κ2) is 10.4. The van der Waals surface area contributed by atoms with E-state index >= 15 is 0 Å². The van der Waals surface area contributed by atoms with Gasteiger partial charge in [0.1, 0.15) is 10.6 Å². The van der Waals surface area contributed by atoms with Crippen LogP contribution in [-0.2, 0) is 25.3 Å². The third kappa shape index (κ3) is 5.24. The van der Waals surface area contributed by atoms with Crippen LogP contribution in [0.3, 0.4) is 0 Å². The number of likely N-dealkylation sites (tertiary alicyclic amines) is 1. The van der Waals surface area contributed by atoms with Crippen LogP contribution in [0.1, 0.15) is 51.2 Å². The maximum absolute atomic E-state index is 13.1. The van der Waals surface area contributed by atoms with Gasteiger partial charge in [0.25, 0.3) is 5.56 Å². The summed E-state index contributed by atoms with van der Waals surface area (Å²) in [6.07, 6.45) is 3.91. The molecule has 178 valence electrons. The van der Waals surface area contributed by atoms with Crippen molar-refractivity contribution in [3.05, 3.63) is 56.2 Å². The lowest BCUT2D eigenvalue weighted by atomic mass is 9.98. The molecule has 0 saturated carbocycles. The van der Waals surface area contributed by atoms with Crippen molar-refractivity contribution < 1.29 is 9.90 Å². The van der Waals surface area contributed by atoms with E-state index in [4.69, 9.17) is 0 Å². The fourth-order valence-corrected chi connectivity index (χ4v) is 5.12. The van der Waals surface area contributed by atoms with E-state index in [0.29, 0.717) is 5.69 Å². The van der Waals surface area contributed by atoms with Gasteiger partial charge in [-0.1, -0.05) is 30.8 Å². The highest BCUT2D eigenvalue weighted by atomic mass is 32.2. The number of rotatable bonds is 5. The molecule has 1 N–H and O–H groups in total. The van der Waals surface area contributed by atoms with E-state index in [2.05, 4.69) is 25.8 Å². The summed E-state index contributed by atoms with van der Waals surface area (Å²) in [6.45, 7) is 6.16. The van der Waals surface area contributed by atoms with Crippen LogP contribution in [0, 0.1) is 0 Å². The first-order chi connectivity index (χ1) is 15.6. The molecule has 1 aliphatic heterocycles. The summed E-state index contributed by atoms with van der Waals surface area (Å²) in [5, 5.41) is 10.9. The van der Waals surface area contributed by atoms with Crippen molar-refractivity contribution in [1.82, 2.24) is 14.0 Å².